The van der Waals surface area contributed by atoms with E-state index in [0.29, 0.717) is 16.9 Å². The molecule has 146 valence electrons. The number of nitrogens with one attached hydrogen (secondary N) is 1. The fourth-order valence-electron chi connectivity index (χ4n) is 3.39. The molecule has 0 saturated carbocycles. The van der Waals surface area contributed by atoms with Gasteiger partial charge in [0.05, 0.1) is 23.9 Å². The predicted octanol–water partition coefficient (Wildman–Crippen LogP) is 5.89. The maximum atomic E-state index is 13.2. The van der Waals surface area contributed by atoms with E-state index in [-0.39, 0.29) is 18.3 Å². The van der Waals surface area contributed by atoms with Gasteiger partial charge in [0, 0.05) is 16.6 Å². The Hall–Kier alpha value is -3.37. The van der Waals surface area contributed by atoms with Crippen molar-refractivity contribution in [1.29, 1.82) is 0 Å². The van der Waals surface area contributed by atoms with Gasteiger partial charge >= 0.3 is 0 Å². The number of hydrogen-bond acceptors (Lipinski definition) is 3. The number of aryl methyl sites for hydroxylation is 1. The summed E-state index contributed by atoms with van der Waals surface area (Å²) in [6.45, 7) is 1.88. The highest BCUT2D eigenvalue weighted by atomic mass is 35.5. The Morgan fingerprint density at radius 3 is 2.24 bits per heavy atom. The molecule has 0 radical (unpaired) electrons. The van der Waals surface area contributed by atoms with E-state index in [0.717, 1.165) is 27.8 Å². The molecule has 1 heterocycles. The number of anilines is 1. The van der Waals surface area contributed by atoms with Crippen LogP contribution in [-0.4, -0.2) is 18.0 Å². The van der Waals surface area contributed by atoms with Crippen molar-refractivity contribution >= 4 is 34.9 Å². The van der Waals surface area contributed by atoms with Crippen LogP contribution in [0.2, 0.25) is 0 Å². The molecule has 3 aromatic carbocycles. The molecule has 4 rings (SSSR count). The van der Waals surface area contributed by atoms with Crippen LogP contribution in [0.5, 0.6) is 5.75 Å². The van der Waals surface area contributed by atoms with Crippen molar-refractivity contribution < 1.29 is 9.53 Å². The monoisotopic (exact) mass is 404 g/mol. The lowest BCUT2D eigenvalue weighted by Gasteiger charge is -2.16. The van der Waals surface area contributed by atoms with E-state index in [9.17, 15) is 4.79 Å². The lowest BCUT2D eigenvalue weighted by Crippen LogP contribution is -2.16. The van der Waals surface area contributed by atoms with E-state index in [4.69, 9.17) is 4.74 Å². The number of para-hydroxylation sites is 1. The first-order chi connectivity index (χ1) is 13.7. The summed E-state index contributed by atoms with van der Waals surface area (Å²) in [4.78, 5) is 17.9. The van der Waals surface area contributed by atoms with Gasteiger partial charge in [-0.1, -0.05) is 48.5 Å². The molecule has 1 amide bonds. The molecule has 0 fully saturated rings. The van der Waals surface area contributed by atoms with Gasteiger partial charge in [-0.05, 0) is 42.8 Å². The Bertz CT molecular complexity index is 1140. The van der Waals surface area contributed by atoms with E-state index < -0.39 is 0 Å². The van der Waals surface area contributed by atoms with Crippen LogP contribution in [0.25, 0.3) is 22.0 Å². The quantitative estimate of drug-likeness (QED) is 0.461. The number of fused-ring (bicyclic) bond motifs is 1. The van der Waals surface area contributed by atoms with Crippen molar-refractivity contribution in [1.82, 2.24) is 4.98 Å². The minimum Gasteiger partial charge on any atom is -0.497 e. The average Bonchev–Trinajstić information content (AvgIpc) is 2.74. The molecular formula is C24H21ClN2O2. The summed E-state index contributed by atoms with van der Waals surface area (Å²) >= 11 is 0. The first-order valence-corrected chi connectivity index (χ1v) is 9.07. The van der Waals surface area contributed by atoms with Crippen molar-refractivity contribution in [2.24, 2.45) is 0 Å². The molecule has 0 aliphatic carbocycles. The zero-order chi connectivity index (χ0) is 19.5. The average molecular weight is 405 g/mol. The van der Waals surface area contributed by atoms with Crippen molar-refractivity contribution in [3.05, 3.63) is 90.1 Å². The van der Waals surface area contributed by atoms with Crippen LogP contribution >= 0.6 is 12.4 Å². The Labute approximate surface area is 176 Å². The maximum Gasteiger partial charge on any atom is 0.258 e. The largest absolute Gasteiger partial charge is 0.497 e. The van der Waals surface area contributed by atoms with Gasteiger partial charge < -0.3 is 10.1 Å². The molecule has 1 aromatic heterocycles. The van der Waals surface area contributed by atoms with Crippen molar-refractivity contribution in [3.63, 3.8) is 0 Å². The summed E-state index contributed by atoms with van der Waals surface area (Å²) < 4.78 is 5.18. The molecule has 5 heteroatoms. The number of ether oxygens (including phenoxy) is 1. The number of benzene rings is 3. The fourth-order valence-corrected chi connectivity index (χ4v) is 3.39. The number of nitrogens with zero attached hydrogens (tertiary/aromatic N) is 1. The third kappa shape index (κ3) is 4.08. The lowest BCUT2D eigenvalue weighted by molar-refractivity contribution is 0.102. The number of methoxy groups -OCH3 is 1. The molecule has 4 aromatic rings. The van der Waals surface area contributed by atoms with Crippen molar-refractivity contribution in [2.45, 2.75) is 6.92 Å². The predicted molar refractivity (Wildman–Crippen MR) is 120 cm³/mol. The zero-order valence-corrected chi connectivity index (χ0v) is 17.0. The molecule has 29 heavy (non-hydrogen) atoms. The number of pyridine rings is 1. The molecule has 0 aliphatic rings. The van der Waals surface area contributed by atoms with Gasteiger partial charge in [0.2, 0.25) is 0 Å². The summed E-state index contributed by atoms with van der Waals surface area (Å²) in [5.74, 6) is 0.561. The smallest absolute Gasteiger partial charge is 0.258 e. The number of carbonyl (C=O) groups is 1. The molecule has 0 unspecified atom stereocenters. The van der Waals surface area contributed by atoms with Crippen molar-refractivity contribution in [3.8, 4) is 16.9 Å². The van der Waals surface area contributed by atoms with E-state index in [2.05, 4.69) is 10.3 Å². The topological polar surface area (TPSA) is 51.2 Å². The highest BCUT2D eigenvalue weighted by molar-refractivity contribution is 6.14. The highest BCUT2D eigenvalue weighted by Gasteiger charge is 2.20. The minimum atomic E-state index is -0.181. The molecule has 0 bridgehead atoms. The van der Waals surface area contributed by atoms with Crippen LogP contribution in [0.4, 0.5) is 5.69 Å². The third-order valence-corrected chi connectivity index (χ3v) is 4.71. The van der Waals surface area contributed by atoms with Gasteiger partial charge in [0.15, 0.2) is 0 Å². The third-order valence-electron chi connectivity index (χ3n) is 4.71. The van der Waals surface area contributed by atoms with Crippen LogP contribution < -0.4 is 10.1 Å². The van der Waals surface area contributed by atoms with E-state index in [1.165, 1.54) is 0 Å². The Kier molecular flexibility index (Phi) is 6.15. The van der Waals surface area contributed by atoms with Crippen LogP contribution in [-0.2, 0) is 0 Å². The Balaban J connectivity index is 0.00000240. The van der Waals surface area contributed by atoms with Crippen LogP contribution in [0, 0.1) is 6.92 Å². The Morgan fingerprint density at radius 2 is 1.55 bits per heavy atom. The molecule has 0 aliphatic heterocycles. The zero-order valence-electron chi connectivity index (χ0n) is 16.2. The Morgan fingerprint density at radius 1 is 0.897 bits per heavy atom. The number of rotatable bonds is 4. The standard InChI is InChI=1S/C24H20N2O2.ClH/c1-16-22(24(27)26-18-12-14-19(28-2)15-13-18)23(17-8-4-3-5-9-17)20-10-6-7-11-21(20)25-16;/h3-15H,1-2H3,(H,26,27);1H. The van der Waals surface area contributed by atoms with Gasteiger partial charge in [-0.25, -0.2) is 0 Å². The fraction of sp³-hybridized carbons (Fsp3) is 0.0833. The molecule has 1 N–H and O–H groups in total. The summed E-state index contributed by atoms with van der Waals surface area (Å²) in [5.41, 5.74) is 4.75. The van der Waals surface area contributed by atoms with Gasteiger partial charge in [0.1, 0.15) is 5.75 Å². The SMILES string of the molecule is COc1ccc(NC(=O)c2c(C)nc3ccccc3c2-c2ccccc2)cc1.Cl. The number of halogens is 1. The van der Waals surface area contributed by atoms with Crippen molar-refractivity contribution in [2.75, 3.05) is 12.4 Å². The van der Waals surface area contributed by atoms with E-state index in [1.807, 2.05) is 85.8 Å². The number of aromatic nitrogens is 1. The summed E-state index contributed by atoms with van der Waals surface area (Å²) in [7, 11) is 1.61. The molecule has 0 saturated heterocycles. The highest BCUT2D eigenvalue weighted by Crippen LogP contribution is 2.33. The molecule has 4 nitrogen and oxygen atoms in total. The maximum absolute atomic E-state index is 13.2. The first kappa shape index (κ1) is 20.4. The molecule has 0 atom stereocenters. The number of amides is 1. The van der Waals surface area contributed by atoms with E-state index in [1.54, 1.807) is 7.11 Å². The van der Waals surface area contributed by atoms with Gasteiger partial charge in [-0.15, -0.1) is 12.4 Å². The number of carbonyl (C=O) groups excluding carboxylic acids is 1. The van der Waals surface area contributed by atoms with Gasteiger partial charge in [0.25, 0.3) is 5.91 Å². The molecular weight excluding hydrogens is 384 g/mol. The van der Waals surface area contributed by atoms with Crippen LogP contribution in [0.1, 0.15) is 16.1 Å². The summed E-state index contributed by atoms with van der Waals surface area (Å²) in [6, 6.07) is 25.2. The van der Waals surface area contributed by atoms with Crippen LogP contribution in [0.3, 0.4) is 0 Å². The second-order valence-corrected chi connectivity index (χ2v) is 6.51. The second-order valence-electron chi connectivity index (χ2n) is 6.51. The van der Waals surface area contributed by atoms with Gasteiger partial charge in [-0.2, -0.15) is 0 Å². The van der Waals surface area contributed by atoms with E-state index >= 15 is 0 Å². The number of hydrogen-bond donors (Lipinski definition) is 1. The lowest BCUT2D eigenvalue weighted by atomic mass is 9.94. The minimum absolute atomic E-state index is 0. The summed E-state index contributed by atoms with van der Waals surface area (Å²) in [5, 5.41) is 3.95. The second kappa shape index (κ2) is 8.76. The normalized spacial score (nSPS) is 10.3. The van der Waals surface area contributed by atoms with Crippen LogP contribution in [0.15, 0.2) is 78.9 Å². The summed E-state index contributed by atoms with van der Waals surface area (Å²) in [6.07, 6.45) is 0. The first-order valence-electron chi connectivity index (χ1n) is 9.07. The van der Waals surface area contributed by atoms with Gasteiger partial charge in [-0.3, -0.25) is 9.78 Å². The molecule has 0 spiro atoms.